The van der Waals surface area contributed by atoms with Crippen LogP contribution in [0.2, 0.25) is 0 Å². The second kappa shape index (κ2) is 17.8. The standard InChI is InChI=1S/C25H34N4O.C24H32N4O/c1-6-13-29-21(7-2)20-15-23-19(18-11-10-12-22(29)24(18)20)14-17(16-27(23)5)26-25(30)28(8-3)9-4;1-6-10-20-19-14-22-18(17-11-9-12-21(23(17)19)27(20)5)13-16(15-26(22)4)25-24(29)28(7-2)8-3/h2,10-12,17,19,23H,6,8-9,13-16H2,1,3-5H3,(H,26,30);9,11-12,16,18,22H,7-8,13-15H2,1-5H3,(H,25,29)/t17-,19+,23+;16-,18+,22+/m00/s1. The number of likely N-dealkylation sites (tertiary alicyclic amines) is 2. The van der Waals surface area contributed by atoms with Crippen molar-refractivity contribution in [3.05, 3.63) is 70.0 Å². The number of nitrogens with zero attached hydrogens (tertiary/aromatic N) is 6. The third-order valence-electron chi connectivity index (χ3n) is 13.9. The predicted molar refractivity (Wildman–Crippen MR) is 241 cm³/mol. The number of carbonyl (C=O) groups excluding carboxylic acids is 2. The Bertz CT molecular complexity index is 2290. The fourth-order valence-electron chi connectivity index (χ4n) is 11.1. The molecule has 2 N–H and O–H groups in total. The van der Waals surface area contributed by atoms with E-state index in [2.05, 4.69) is 112 Å². The van der Waals surface area contributed by atoms with Crippen LogP contribution in [0.4, 0.5) is 9.59 Å². The number of rotatable bonds is 8. The number of aryl methyl sites for hydroxylation is 2. The highest BCUT2D eigenvalue weighted by Gasteiger charge is 2.43. The molecule has 10 heteroatoms. The number of piperidine rings is 2. The van der Waals surface area contributed by atoms with E-state index in [0.29, 0.717) is 23.9 Å². The van der Waals surface area contributed by atoms with Gasteiger partial charge < -0.3 is 39.4 Å². The summed E-state index contributed by atoms with van der Waals surface area (Å²) in [6.45, 7) is 17.9. The van der Waals surface area contributed by atoms with Crippen LogP contribution < -0.4 is 10.6 Å². The van der Waals surface area contributed by atoms with Gasteiger partial charge in [0.25, 0.3) is 0 Å². The minimum absolute atomic E-state index is 0.0512. The number of carbonyl (C=O) groups is 2. The molecule has 2 aliphatic carbocycles. The number of aromatic nitrogens is 2. The summed E-state index contributed by atoms with van der Waals surface area (Å²) in [5.41, 5.74) is 10.3. The molecule has 0 saturated carbocycles. The maximum Gasteiger partial charge on any atom is 0.317 e. The molecule has 10 nitrogen and oxygen atoms in total. The molecule has 2 aromatic heterocycles. The molecule has 6 atom stereocenters. The predicted octanol–water partition coefficient (Wildman–Crippen LogP) is 7.11. The molecule has 0 bridgehead atoms. The number of benzene rings is 2. The van der Waals surface area contributed by atoms with Crippen molar-refractivity contribution < 1.29 is 9.59 Å². The Morgan fingerprint density at radius 2 is 1.20 bits per heavy atom. The Morgan fingerprint density at radius 3 is 1.66 bits per heavy atom. The van der Waals surface area contributed by atoms with E-state index in [0.717, 1.165) is 89.3 Å². The molecular weight excluding hydrogens is 733 g/mol. The summed E-state index contributed by atoms with van der Waals surface area (Å²) in [5, 5.41) is 9.34. The Morgan fingerprint density at radius 1 is 0.729 bits per heavy atom. The normalized spacial score (nSPS) is 23.2. The van der Waals surface area contributed by atoms with Gasteiger partial charge in [0.05, 0.1) is 11.4 Å². The number of fused-ring (bicyclic) bond motifs is 4. The van der Waals surface area contributed by atoms with Crippen LogP contribution in [0.3, 0.4) is 0 Å². The summed E-state index contributed by atoms with van der Waals surface area (Å²) in [4.78, 5) is 33.9. The van der Waals surface area contributed by atoms with Gasteiger partial charge in [-0.25, -0.2) is 9.59 Å². The van der Waals surface area contributed by atoms with Crippen molar-refractivity contribution in [1.29, 1.82) is 0 Å². The van der Waals surface area contributed by atoms with E-state index in [1.165, 1.54) is 44.1 Å². The smallest absolute Gasteiger partial charge is 0.317 e. The molecule has 4 heterocycles. The molecule has 59 heavy (non-hydrogen) atoms. The van der Waals surface area contributed by atoms with Crippen molar-refractivity contribution in [2.75, 3.05) is 53.4 Å². The van der Waals surface area contributed by atoms with Crippen molar-refractivity contribution in [1.82, 2.24) is 39.4 Å². The minimum Gasteiger partial charge on any atom is -0.337 e. The summed E-state index contributed by atoms with van der Waals surface area (Å²) >= 11 is 0. The second-order valence-corrected chi connectivity index (χ2v) is 17.1. The van der Waals surface area contributed by atoms with Crippen LogP contribution in [0.1, 0.15) is 106 Å². The average molecular weight is 799 g/mol. The lowest BCUT2D eigenvalue weighted by Gasteiger charge is -2.46. The van der Waals surface area contributed by atoms with E-state index >= 15 is 0 Å². The van der Waals surface area contributed by atoms with Crippen LogP contribution in [0.25, 0.3) is 21.8 Å². The molecule has 2 aliphatic heterocycles. The van der Waals surface area contributed by atoms with Gasteiger partial charge in [-0.05, 0) is 121 Å². The molecule has 314 valence electrons. The summed E-state index contributed by atoms with van der Waals surface area (Å²) in [5.74, 6) is 10.3. The first-order chi connectivity index (χ1) is 28.5. The number of amides is 4. The Labute approximate surface area is 352 Å². The fourth-order valence-corrected chi connectivity index (χ4v) is 11.1. The Kier molecular flexibility index (Phi) is 12.7. The van der Waals surface area contributed by atoms with E-state index in [1.54, 1.807) is 0 Å². The van der Waals surface area contributed by atoms with E-state index in [-0.39, 0.29) is 24.1 Å². The van der Waals surface area contributed by atoms with Gasteiger partial charge in [-0.2, -0.15) is 0 Å². The van der Waals surface area contributed by atoms with Crippen LogP contribution in [0.5, 0.6) is 0 Å². The molecule has 0 unspecified atom stereocenters. The van der Waals surface area contributed by atoms with Crippen molar-refractivity contribution in [3.8, 4) is 24.2 Å². The lowest BCUT2D eigenvalue weighted by atomic mass is 9.73. The maximum atomic E-state index is 12.7. The molecule has 2 aromatic carbocycles. The molecule has 2 fully saturated rings. The van der Waals surface area contributed by atoms with Gasteiger partial charge in [0.2, 0.25) is 0 Å². The van der Waals surface area contributed by atoms with Crippen molar-refractivity contribution in [2.24, 2.45) is 7.05 Å². The van der Waals surface area contributed by atoms with E-state index in [4.69, 9.17) is 6.42 Å². The summed E-state index contributed by atoms with van der Waals surface area (Å²) < 4.78 is 4.59. The SMILES string of the molecule is C#Cc1c2c3c(cccc3n1CCC)[C@H]1C[C@H](NC(=O)N(CC)CC)CN(C)[C@@H]1C2.CC#Cc1c2c3c(cccc3n1C)[C@H]1C[C@H](NC(=O)N(CC)CC)CN(C)[C@@H]1C2. The molecule has 4 aromatic rings. The maximum absolute atomic E-state index is 12.7. The third kappa shape index (κ3) is 7.60. The molecular formula is C49H66N8O2. The molecule has 2 saturated heterocycles. The van der Waals surface area contributed by atoms with Crippen molar-refractivity contribution in [3.63, 3.8) is 0 Å². The first-order valence-corrected chi connectivity index (χ1v) is 22.2. The van der Waals surface area contributed by atoms with Crippen LogP contribution in [-0.2, 0) is 26.4 Å². The number of nitrogens with one attached hydrogen (secondary N) is 2. The first kappa shape index (κ1) is 42.2. The number of hydrogen-bond acceptors (Lipinski definition) is 4. The zero-order valence-electron chi connectivity index (χ0n) is 37.0. The summed E-state index contributed by atoms with van der Waals surface area (Å²) in [7, 11) is 6.52. The van der Waals surface area contributed by atoms with Gasteiger partial charge in [-0.15, -0.1) is 6.42 Å². The summed E-state index contributed by atoms with van der Waals surface area (Å²) in [6, 6.07) is 14.6. The molecule has 4 aliphatic rings. The zero-order valence-corrected chi connectivity index (χ0v) is 37.0. The van der Waals surface area contributed by atoms with Gasteiger partial charge in [0.15, 0.2) is 0 Å². The second-order valence-electron chi connectivity index (χ2n) is 17.1. The van der Waals surface area contributed by atoms with Gasteiger partial charge >= 0.3 is 12.1 Å². The van der Waals surface area contributed by atoms with Gasteiger partial charge in [0, 0.05) is 111 Å². The fraction of sp³-hybridized carbons (Fsp3) is 0.551. The number of terminal acetylenes is 1. The van der Waals surface area contributed by atoms with E-state index < -0.39 is 0 Å². The van der Waals surface area contributed by atoms with Crippen molar-refractivity contribution >= 4 is 33.9 Å². The van der Waals surface area contributed by atoms with Crippen LogP contribution >= 0.6 is 0 Å². The van der Waals surface area contributed by atoms with Gasteiger partial charge in [0.1, 0.15) is 0 Å². The minimum atomic E-state index is 0.0512. The van der Waals surface area contributed by atoms with Gasteiger partial charge in [-0.3, -0.25) is 0 Å². The zero-order chi connectivity index (χ0) is 42.1. The average Bonchev–Trinajstić information content (AvgIpc) is 3.68. The monoisotopic (exact) mass is 799 g/mol. The van der Waals surface area contributed by atoms with Crippen molar-refractivity contribution in [2.45, 2.75) is 116 Å². The Hall–Kier alpha value is -4.90. The molecule has 0 spiro atoms. The number of hydrogen-bond donors (Lipinski definition) is 2. The third-order valence-corrected chi connectivity index (χ3v) is 13.9. The first-order valence-electron chi connectivity index (χ1n) is 22.2. The van der Waals surface area contributed by atoms with Crippen LogP contribution in [-0.4, -0.2) is 118 Å². The molecule has 4 amide bonds. The van der Waals surface area contributed by atoms with Crippen LogP contribution in [0.15, 0.2) is 36.4 Å². The molecule has 8 rings (SSSR count). The number of likely N-dealkylation sites (N-methyl/N-ethyl adjacent to an activating group) is 2. The van der Waals surface area contributed by atoms with E-state index in [9.17, 15) is 9.59 Å². The summed E-state index contributed by atoms with van der Waals surface area (Å²) in [6.07, 6.45) is 11.0. The lowest BCUT2D eigenvalue weighted by molar-refractivity contribution is 0.124. The topological polar surface area (TPSA) is 81.0 Å². The highest BCUT2D eigenvalue weighted by Crippen LogP contribution is 2.46. The largest absolute Gasteiger partial charge is 0.337 e. The lowest BCUT2D eigenvalue weighted by Crippen LogP contribution is -2.56. The van der Waals surface area contributed by atoms with Crippen LogP contribution in [0, 0.1) is 24.2 Å². The highest BCUT2D eigenvalue weighted by molar-refractivity contribution is 5.92. The highest BCUT2D eigenvalue weighted by atomic mass is 16.2. The van der Waals surface area contributed by atoms with E-state index in [1.807, 2.05) is 44.4 Å². The molecule has 0 radical (unpaired) electrons. The number of urea groups is 2. The van der Waals surface area contributed by atoms with Gasteiger partial charge in [-0.1, -0.05) is 43.0 Å². The Balaban J connectivity index is 0.000000179. The quantitative estimate of drug-likeness (QED) is 0.187.